The van der Waals surface area contributed by atoms with Crippen LogP contribution in [0.25, 0.3) is 0 Å². The molecule has 90 valence electrons. The minimum absolute atomic E-state index is 0.0610. The second-order valence-electron chi connectivity index (χ2n) is 6.97. The van der Waals surface area contributed by atoms with Gasteiger partial charge in [-0.05, 0) is 24.7 Å². The van der Waals surface area contributed by atoms with Crippen molar-refractivity contribution in [2.24, 2.45) is 10.8 Å². The van der Waals surface area contributed by atoms with Crippen LogP contribution in [0.5, 0.6) is 0 Å². The molecular formula is C13H26O2. The van der Waals surface area contributed by atoms with Crippen LogP contribution in [-0.2, 0) is 9.47 Å². The van der Waals surface area contributed by atoms with Crippen LogP contribution in [-0.4, -0.2) is 18.0 Å². The Labute approximate surface area is 94.3 Å². The highest BCUT2D eigenvalue weighted by molar-refractivity contribution is 5.10. The maximum absolute atomic E-state index is 5.92. The van der Waals surface area contributed by atoms with Crippen molar-refractivity contribution < 1.29 is 9.47 Å². The highest BCUT2D eigenvalue weighted by Gasteiger charge is 2.62. The third kappa shape index (κ3) is 1.62. The van der Waals surface area contributed by atoms with Crippen LogP contribution in [0.4, 0.5) is 0 Å². The summed E-state index contributed by atoms with van der Waals surface area (Å²) >= 11 is 0. The highest BCUT2D eigenvalue weighted by Crippen LogP contribution is 2.54. The Morgan fingerprint density at radius 2 is 1.00 bits per heavy atom. The van der Waals surface area contributed by atoms with Gasteiger partial charge in [0, 0.05) is 0 Å². The molecule has 0 aromatic carbocycles. The topological polar surface area (TPSA) is 18.5 Å². The van der Waals surface area contributed by atoms with E-state index < -0.39 is 0 Å². The summed E-state index contributed by atoms with van der Waals surface area (Å²) in [5, 5.41) is 0. The van der Waals surface area contributed by atoms with Crippen molar-refractivity contribution in [2.45, 2.75) is 66.6 Å². The second kappa shape index (κ2) is 3.21. The standard InChI is InChI=1S/C13H26O2/c1-10(2,3)12(7)13(8,11(4,5)6)15-9-14-12/h9H2,1-8H3. The van der Waals surface area contributed by atoms with E-state index in [-0.39, 0.29) is 22.0 Å². The van der Waals surface area contributed by atoms with Gasteiger partial charge in [0.2, 0.25) is 0 Å². The first-order valence-electron chi connectivity index (χ1n) is 5.74. The Balaban J connectivity index is 3.21. The van der Waals surface area contributed by atoms with Crippen molar-refractivity contribution in [3.05, 3.63) is 0 Å². The monoisotopic (exact) mass is 214 g/mol. The van der Waals surface area contributed by atoms with Crippen LogP contribution >= 0.6 is 0 Å². The molecule has 0 aromatic rings. The molecule has 1 aliphatic rings. The van der Waals surface area contributed by atoms with Gasteiger partial charge in [0.05, 0.1) is 0 Å². The zero-order valence-corrected chi connectivity index (χ0v) is 11.5. The molecule has 2 heteroatoms. The van der Waals surface area contributed by atoms with Crippen molar-refractivity contribution in [2.75, 3.05) is 6.79 Å². The average molecular weight is 214 g/mol. The third-order valence-corrected chi connectivity index (χ3v) is 4.47. The van der Waals surface area contributed by atoms with Crippen LogP contribution in [0.1, 0.15) is 55.4 Å². The summed E-state index contributed by atoms with van der Waals surface area (Å²) in [5.74, 6) is 0. The largest absolute Gasteiger partial charge is 0.346 e. The van der Waals surface area contributed by atoms with E-state index >= 15 is 0 Å². The molecule has 0 aliphatic carbocycles. The maximum atomic E-state index is 5.92. The van der Waals surface area contributed by atoms with Gasteiger partial charge in [-0.25, -0.2) is 0 Å². The number of ether oxygens (including phenoxy) is 2. The molecule has 2 unspecified atom stereocenters. The zero-order valence-electron chi connectivity index (χ0n) is 11.5. The molecule has 0 aromatic heterocycles. The summed E-state index contributed by atoms with van der Waals surface area (Å²) in [4.78, 5) is 0. The van der Waals surface area contributed by atoms with Gasteiger partial charge in [-0.3, -0.25) is 0 Å². The fourth-order valence-corrected chi connectivity index (χ4v) is 2.40. The first-order chi connectivity index (χ1) is 6.46. The molecule has 1 rings (SSSR count). The summed E-state index contributed by atoms with van der Waals surface area (Å²) in [7, 11) is 0. The maximum Gasteiger partial charge on any atom is 0.148 e. The Bertz CT molecular complexity index is 220. The van der Waals surface area contributed by atoms with Crippen molar-refractivity contribution in [3.8, 4) is 0 Å². The third-order valence-electron chi connectivity index (χ3n) is 4.47. The normalized spacial score (nSPS) is 38.4. The number of hydrogen-bond donors (Lipinski definition) is 0. The van der Waals surface area contributed by atoms with Gasteiger partial charge in [0.15, 0.2) is 0 Å². The lowest BCUT2D eigenvalue weighted by Crippen LogP contribution is -2.61. The van der Waals surface area contributed by atoms with E-state index in [1.54, 1.807) is 0 Å². The van der Waals surface area contributed by atoms with E-state index in [1.165, 1.54) is 0 Å². The molecule has 0 saturated carbocycles. The molecule has 0 amide bonds. The smallest absolute Gasteiger partial charge is 0.148 e. The van der Waals surface area contributed by atoms with E-state index in [4.69, 9.17) is 9.47 Å². The molecule has 15 heavy (non-hydrogen) atoms. The van der Waals surface area contributed by atoms with E-state index in [1.807, 2.05) is 0 Å². The van der Waals surface area contributed by atoms with Gasteiger partial charge < -0.3 is 9.47 Å². The van der Waals surface area contributed by atoms with Gasteiger partial charge in [-0.2, -0.15) is 0 Å². The molecule has 2 atom stereocenters. The minimum atomic E-state index is -0.252. The molecule has 1 fully saturated rings. The molecule has 0 bridgehead atoms. The van der Waals surface area contributed by atoms with Crippen LogP contribution in [0, 0.1) is 10.8 Å². The van der Waals surface area contributed by atoms with E-state index in [9.17, 15) is 0 Å². The van der Waals surface area contributed by atoms with Crippen LogP contribution < -0.4 is 0 Å². The summed E-state index contributed by atoms with van der Waals surface area (Å²) in [6, 6.07) is 0. The first-order valence-corrected chi connectivity index (χ1v) is 5.74. The van der Waals surface area contributed by atoms with E-state index in [0.29, 0.717) is 6.79 Å². The second-order valence-corrected chi connectivity index (χ2v) is 6.97. The number of rotatable bonds is 0. The minimum Gasteiger partial charge on any atom is -0.346 e. The van der Waals surface area contributed by atoms with Crippen molar-refractivity contribution in [1.29, 1.82) is 0 Å². The van der Waals surface area contributed by atoms with Gasteiger partial charge in [-0.1, -0.05) is 41.5 Å². The molecule has 1 aliphatic heterocycles. The van der Waals surface area contributed by atoms with Gasteiger partial charge >= 0.3 is 0 Å². The van der Waals surface area contributed by atoms with Gasteiger partial charge in [0.1, 0.15) is 18.0 Å². The van der Waals surface area contributed by atoms with E-state index in [0.717, 1.165) is 0 Å². The zero-order chi connectivity index (χ0) is 12.1. The SMILES string of the molecule is CC(C)(C)C1(C)OCOC1(C)C(C)(C)C. The van der Waals surface area contributed by atoms with Crippen LogP contribution in [0.2, 0.25) is 0 Å². The Hall–Kier alpha value is -0.0800. The van der Waals surface area contributed by atoms with Crippen LogP contribution in [0.15, 0.2) is 0 Å². The van der Waals surface area contributed by atoms with E-state index in [2.05, 4.69) is 55.4 Å². The quantitative estimate of drug-likeness (QED) is 0.613. The summed E-state index contributed by atoms with van der Waals surface area (Å²) in [6.07, 6.45) is 0. The molecule has 0 spiro atoms. The average Bonchev–Trinajstić information content (AvgIpc) is 2.27. The lowest BCUT2D eigenvalue weighted by Gasteiger charge is -2.52. The Morgan fingerprint density at radius 1 is 0.733 bits per heavy atom. The predicted molar refractivity (Wildman–Crippen MR) is 62.8 cm³/mol. The molecule has 0 radical (unpaired) electrons. The number of hydrogen-bond acceptors (Lipinski definition) is 2. The highest BCUT2D eigenvalue weighted by atomic mass is 16.7. The predicted octanol–water partition coefficient (Wildman–Crippen LogP) is 3.60. The lowest BCUT2D eigenvalue weighted by molar-refractivity contribution is -0.146. The van der Waals surface area contributed by atoms with Crippen LogP contribution in [0.3, 0.4) is 0 Å². The first kappa shape index (κ1) is 13.0. The van der Waals surface area contributed by atoms with Crippen molar-refractivity contribution in [1.82, 2.24) is 0 Å². The molecule has 0 N–H and O–H groups in total. The fraction of sp³-hybridized carbons (Fsp3) is 1.00. The summed E-state index contributed by atoms with van der Waals surface area (Å²) in [5.41, 5.74) is -0.381. The fourth-order valence-electron chi connectivity index (χ4n) is 2.40. The van der Waals surface area contributed by atoms with Crippen molar-refractivity contribution >= 4 is 0 Å². The Kier molecular flexibility index (Phi) is 2.78. The summed E-state index contributed by atoms with van der Waals surface area (Å²) < 4.78 is 11.8. The van der Waals surface area contributed by atoms with Gasteiger partial charge in [-0.15, -0.1) is 0 Å². The molecule has 2 nitrogen and oxygen atoms in total. The molecule has 1 saturated heterocycles. The molecule has 1 heterocycles. The molecular weight excluding hydrogens is 188 g/mol. The van der Waals surface area contributed by atoms with Gasteiger partial charge in [0.25, 0.3) is 0 Å². The summed E-state index contributed by atoms with van der Waals surface area (Å²) in [6.45, 7) is 18.0. The Morgan fingerprint density at radius 3 is 1.20 bits per heavy atom. The van der Waals surface area contributed by atoms with Crippen molar-refractivity contribution in [3.63, 3.8) is 0 Å². The lowest BCUT2D eigenvalue weighted by atomic mass is 9.59.